The van der Waals surface area contributed by atoms with E-state index in [9.17, 15) is 4.79 Å². The highest BCUT2D eigenvalue weighted by Crippen LogP contribution is 2.03. The Balaban J connectivity index is 0. The Morgan fingerprint density at radius 2 is 1.94 bits per heavy atom. The quantitative estimate of drug-likeness (QED) is 0.719. The zero-order chi connectivity index (χ0) is 12.8. The van der Waals surface area contributed by atoms with Gasteiger partial charge >= 0.3 is 0 Å². The largest absolute Gasteiger partial charge is 0.387 e. The van der Waals surface area contributed by atoms with E-state index in [2.05, 4.69) is 43.0 Å². The molecule has 1 amide bonds. The highest BCUT2D eigenvalue weighted by Gasteiger charge is 1.83. The van der Waals surface area contributed by atoms with E-state index in [0.717, 1.165) is 0 Å². The van der Waals surface area contributed by atoms with E-state index in [1.807, 2.05) is 13.8 Å². The van der Waals surface area contributed by atoms with Gasteiger partial charge in [0, 0.05) is 0 Å². The third kappa shape index (κ3) is 15.1. The van der Waals surface area contributed by atoms with Gasteiger partial charge in [0.15, 0.2) is 0 Å². The van der Waals surface area contributed by atoms with Gasteiger partial charge in [-0.2, -0.15) is 0 Å². The summed E-state index contributed by atoms with van der Waals surface area (Å²) in [5.41, 5.74) is 5.78. The molecule has 0 aromatic heterocycles. The second kappa shape index (κ2) is 13.7. The summed E-state index contributed by atoms with van der Waals surface area (Å²) in [7, 11) is 0. The normalized spacial score (nSPS) is 20.4. The molecule has 0 bridgehead atoms. The fraction of sp³-hybridized carbons (Fsp3) is 0.462. The Morgan fingerprint density at radius 3 is 2.44 bits per heavy atom. The average molecular weight is 225 g/mol. The predicted molar refractivity (Wildman–Crippen MR) is 68.9 cm³/mol. The van der Waals surface area contributed by atoms with E-state index in [-0.39, 0.29) is 0 Å². The van der Waals surface area contributed by atoms with E-state index < -0.39 is 12.5 Å². The second-order valence-corrected chi connectivity index (χ2v) is 2.94. The number of primary amides is 1. The monoisotopic (exact) mass is 225 g/mol. The van der Waals surface area contributed by atoms with Crippen molar-refractivity contribution in [1.82, 2.24) is 0 Å². The van der Waals surface area contributed by atoms with E-state index in [0.29, 0.717) is 0 Å². The highest BCUT2D eigenvalue weighted by molar-refractivity contribution is 5.74. The first-order valence-electron chi connectivity index (χ1n) is 5.56. The first-order chi connectivity index (χ1) is 7.66. The van der Waals surface area contributed by atoms with Gasteiger partial charge < -0.3 is 10.8 Å². The molecule has 0 aromatic rings. The number of allylic oxidation sites excluding steroid dienone is 6. The van der Waals surface area contributed by atoms with Crippen molar-refractivity contribution in [2.75, 3.05) is 6.61 Å². The molecule has 0 atom stereocenters. The van der Waals surface area contributed by atoms with Crippen LogP contribution in [0.4, 0.5) is 0 Å². The standard InChI is InChI=1S/C9H12.C2H5NO2.C2H6/c1-9-7-5-3-2-4-6-8-9;3-2(5)1-4;1-2/h2-3,5,7-8H,4,6H2,1H3;4H,1H2,(H2,3,5);1-2H3/b3-2+,7-5-,9-8-;;. The maximum atomic E-state index is 9.34. The lowest BCUT2D eigenvalue weighted by molar-refractivity contribution is -0.120. The number of nitrogens with two attached hydrogens (primary N) is 1. The Bertz CT molecular complexity index is 253. The van der Waals surface area contributed by atoms with E-state index >= 15 is 0 Å². The number of aliphatic hydroxyl groups excluding tert-OH is 1. The van der Waals surface area contributed by atoms with Crippen LogP contribution in [0.1, 0.15) is 33.6 Å². The van der Waals surface area contributed by atoms with Crippen LogP contribution in [0.15, 0.2) is 36.0 Å². The van der Waals surface area contributed by atoms with Crippen LogP contribution in [-0.2, 0) is 4.79 Å². The van der Waals surface area contributed by atoms with Crippen LogP contribution in [0.5, 0.6) is 0 Å². The summed E-state index contributed by atoms with van der Waals surface area (Å²) >= 11 is 0. The van der Waals surface area contributed by atoms with Crippen molar-refractivity contribution < 1.29 is 9.90 Å². The molecule has 0 saturated heterocycles. The lowest BCUT2D eigenvalue weighted by Crippen LogP contribution is -2.14. The number of amides is 1. The Kier molecular flexibility index (Phi) is 14.6. The van der Waals surface area contributed by atoms with Gasteiger partial charge in [0.1, 0.15) is 6.61 Å². The van der Waals surface area contributed by atoms with Crippen molar-refractivity contribution in [3.8, 4) is 0 Å². The van der Waals surface area contributed by atoms with Crippen LogP contribution in [0.2, 0.25) is 0 Å². The molecule has 92 valence electrons. The van der Waals surface area contributed by atoms with Gasteiger partial charge in [-0.1, -0.05) is 49.8 Å². The van der Waals surface area contributed by atoms with Crippen LogP contribution < -0.4 is 5.73 Å². The van der Waals surface area contributed by atoms with Crippen molar-refractivity contribution in [3.05, 3.63) is 36.0 Å². The third-order valence-corrected chi connectivity index (χ3v) is 1.56. The summed E-state index contributed by atoms with van der Waals surface area (Å²) < 4.78 is 0. The number of hydrogen-bond acceptors (Lipinski definition) is 2. The van der Waals surface area contributed by atoms with Gasteiger partial charge in [-0.05, 0) is 19.8 Å². The minimum Gasteiger partial charge on any atom is -0.387 e. The Morgan fingerprint density at radius 1 is 1.38 bits per heavy atom. The summed E-state index contributed by atoms with van der Waals surface area (Å²) in [5, 5.41) is 7.67. The third-order valence-electron chi connectivity index (χ3n) is 1.56. The molecule has 0 spiro atoms. The summed E-state index contributed by atoms with van der Waals surface area (Å²) in [6, 6.07) is 0. The fourth-order valence-corrected chi connectivity index (χ4v) is 0.857. The second-order valence-electron chi connectivity index (χ2n) is 2.94. The van der Waals surface area contributed by atoms with Crippen LogP contribution in [0.3, 0.4) is 0 Å². The van der Waals surface area contributed by atoms with Gasteiger partial charge in [-0.15, -0.1) is 0 Å². The van der Waals surface area contributed by atoms with Crippen molar-refractivity contribution in [3.63, 3.8) is 0 Å². The van der Waals surface area contributed by atoms with E-state index in [1.165, 1.54) is 18.4 Å². The maximum absolute atomic E-state index is 9.34. The lowest BCUT2D eigenvalue weighted by Gasteiger charge is -1.93. The summed E-state index contributed by atoms with van der Waals surface area (Å²) in [6.07, 6.45) is 13.2. The molecule has 1 rings (SSSR count). The molecule has 3 N–H and O–H groups in total. The van der Waals surface area contributed by atoms with Crippen LogP contribution in [0, 0.1) is 0 Å². The molecular formula is C13H23NO2. The van der Waals surface area contributed by atoms with Crippen LogP contribution in [-0.4, -0.2) is 17.6 Å². The number of carbonyl (C=O) groups is 1. The molecule has 0 aliphatic heterocycles. The number of hydrogen-bond donors (Lipinski definition) is 2. The lowest BCUT2D eigenvalue weighted by atomic mass is 10.1. The Hall–Kier alpha value is -1.35. The summed E-state index contributed by atoms with van der Waals surface area (Å²) in [5.74, 6) is -0.690. The number of carbonyl (C=O) groups excluding carboxylic acids is 1. The van der Waals surface area contributed by atoms with Crippen molar-refractivity contribution >= 4 is 5.91 Å². The molecule has 0 fully saturated rings. The molecule has 0 saturated carbocycles. The molecule has 0 aromatic carbocycles. The molecule has 1 aliphatic carbocycles. The molecular weight excluding hydrogens is 202 g/mol. The van der Waals surface area contributed by atoms with Gasteiger partial charge in [-0.3, -0.25) is 4.79 Å². The molecule has 3 nitrogen and oxygen atoms in total. The number of aliphatic hydroxyl groups is 1. The molecule has 0 heterocycles. The van der Waals surface area contributed by atoms with E-state index in [4.69, 9.17) is 5.11 Å². The smallest absolute Gasteiger partial charge is 0.243 e. The van der Waals surface area contributed by atoms with Gasteiger partial charge in [-0.25, -0.2) is 0 Å². The zero-order valence-electron chi connectivity index (χ0n) is 10.4. The average Bonchev–Trinajstić information content (AvgIpc) is 2.27. The van der Waals surface area contributed by atoms with Crippen LogP contribution in [0.25, 0.3) is 0 Å². The van der Waals surface area contributed by atoms with E-state index in [1.54, 1.807) is 0 Å². The SMILES string of the molecule is CC.CC1=C/CC/C=C/C=C\1.NC(=O)CO. The minimum atomic E-state index is -0.690. The maximum Gasteiger partial charge on any atom is 0.243 e. The van der Waals surface area contributed by atoms with Gasteiger partial charge in [0.2, 0.25) is 5.91 Å². The van der Waals surface area contributed by atoms with Crippen LogP contribution >= 0.6 is 0 Å². The summed E-state index contributed by atoms with van der Waals surface area (Å²) in [4.78, 5) is 9.34. The van der Waals surface area contributed by atoms with Crippen molar-refractivity contribution in [2.24, 2.45) is 5.73 Å². The van der Waals surface area contributed by atoms with Gasteiger partial charge in [0.25, 0.3) is 0 Å². The van der Waals surface area contributed by atoms with Crippen molar-refractivity contribution in [2.45, 2.75) is 33.6 Å². The fourth-order valence-electron chi connectivity index (χ4n) is 0.857. The minimum absolute atomic E-state index is 0.556. The summed E-state index contributed by atoms with van der Waals surface area (Å²) in [6.45, 7) is 5.58. The Labute approximate surface area is 98.4 Å². The van der Waals surface area contributed by atoms with Gasteiger partial charge in [0.05, 0.1) is 0 Å². The number of rotatable bonds is 1. The molecule has 16 heavy (non-hydrogen) atoms. The first-order valence-corrected chi connectivity index (χ1v) is 5.56. The van der Waals surface area contributed by atoms with Crippen molar-refractivity contribution in [1.29, 1.82) is 0 Å². The molecule has 3 heteroatoms. The topological polar surface area (TPSA) is 63.3 Å². The molecule has 0 radical (unpaired) electrons. The first kappa shape index (κ1) is 17.1. The zero-order valence-corrected chi connectivity index (χ0v) is 10.4. The predicted octanol–water partition coefficient (Wildman–Crippen LogP) is 2.33. The highest BCUT2D eigenvalue weighted by atomic mass is 16.3. The molecule has 1 aliphatic rings. The molecule has 0 unspecified atom stereocenters.